The van der Waals surface area contributed by atoms with Gasteiger partial charge >= 0.3 is 0 Å². The summed E-state index contributed by atoms with van der Waals surface area (Å²) in [4.78, 5) is 18.1. The van der Waals surface area contributed by atoms with E-state index in [9.17, 15) is 4.79 Å². The number of nitrogens with zero attached hydrogens (tertiary/aromatic N) is 3. The molecule has 33 heavy (non-hydrogen) atoms. The van der Waals surface area contributed by atoms with Crippen molar-refractivity contribution in [3.63, 3.8) is 0 Å². The van der Waals surface area contributed by atoms with Crippen LogP contribution in [0.1, 0.15) is 19.4 Å². The van der Waals surface area contributed by atoms with Gasteiger partial charge in [-0.1, -0.05) is 42.5 Å². The van der Waals surface area contributed by atoms with Crippen molar-refractivity contribution < 1.29 is 9.47 Å². The first-order chi connectivity index (χ1) is 15.9. The molecule has 1 heterocycles. The van der Waals surface area contributed by atoms with E-state index >= 15 is 0 Å². The summed E-state index contributed by atoms with van der Waals surface area (Å²) in [7, 11) is 1.58. The summed E-state index contributed by atoms with van der Waals surface area (Å²) in [5.41, 5.74) is 1.86. The molecule has 0 N–H and O–H groups in total. The molecule has 0 fully saturated rings. The highest BCUT2D eigenvalue weighted by atomic mass is 79.9. The summed E-state index contributed by atoms with van der Waals surface area (Å²) in [5, 5.41) is 5.03. The highest BCUT2D eigenvalue weighted by Gasteiger charge is 2.18. The summed E-state index contributed by atoms with van der Waals surface area (Å²) >= 11 is 7.18. The van der Waals surface area contributed by atoms with E-state index in [1.54, 1.807) is 25.5 Å². The lowest BCUT2D eigenvalue weighted by molar-refractivity contribution is 0.228. The normalized spacial score (nSPS) is 11.5. The summed E-state index contributed by atoms with van der Waals surface area (Å²) in [6, 6.07) is 18.6. The molecule has 0 amide bonds. The Balaban J connectivity index is 1.89. The zero-order chi connectivity index (χ0) is 23.5. The van der Waals surface area contributed by atoms with Crippen molar-refractivity contribution in [1.82, 2.24) is 9.66 Å². The molecule has 0 spiro atoms. The second-order valence-electron chi connectivity index (χ2n) is 7.47. The van der Waals surface area contributed by atoms with Gasteiger partial charge in [0.25, 0.3) is 5.56 Å². The Morgan fingerprint density at radius 3 is 2.42 bits per heavy atom. The number of halogens is 2. The molecule has 0 unspecified atom stereocenters. The Kier molecular flexibility index (Phi) is 6.95. The van der Waals surface area contributed by atoms with Crippen LogP contribution in [-0.4, -0.2) is 29.1 Å². The van der Waals surface area contributed by atoms with Crippen LogP contribution in [0.5, 0.6) is 11.5 Å². The van der Waals surface area contributed by atoms with Crippen LogP contribution in [0.15, 0.2) is 79.5 Å². The van der Waals surface area contributed by atoms with Gasteiger partial charge in [0.05, 0.1) is 34.8 Å². The molecule has 0 aliphatic rings. The molecular weight excluding hydrogens is 550 g/mol. The number of fused-ring (bicyclic) bond motifs is 1. The van der Waals surface area contributed by atoms with Gasteiger partial charge in [-0.2, -0.15) is 9.78 Å². The Bertz CT molecular complexity index is 1400. The number of aromatic nitrogens is 2. The summed E-state index contributed by atoms with van der Waals surface area (Å²) < 4.78 is 14.2. The minimum Gasteiger partial charge on any atom is -0.493 e. The Labute approximate surface area is 208 Å². The topological polar surface area (TPSA) is 65.7 Å². The van der Waals surface area contributed by atoms with Gasteiger partial charge < -0.3 is 9.47 Å². The van der Waals surface area contributed by atoms with Gasteiger partial charge in [-0.05, 0) is 63.9 Å². The van der Waals surface area contributed by atoms with Crippen molar-refractivity contribution in [2.75, 3.05) is 7.11 Å². The first kappa shape index (κ1) is 23.2. The molecule has 0 radical (unpaired) electrons. The van der Waals surface area contributed by atoms with Crippen LogP contribution in [0.4, 0.5) is 0 Å². The first-order valence-electron chi connectivity index (χ1n) is 10.2. The zero-order valence-corrected chi connectivity index (χ0v) is 21.4. The lowest BCUT2D eigenvalue weighted by Crippen LogP contribution is -2.20. The third kappa shape index (κ3) is 4.72. The third-order valence-electron chi connectivity index (χ3n) is 4.83. The number of benzene rings is 3. The molecule has 168 valence electrons. The summed E-state index contributed by atoms with van der Waals surface area (Å²) in [6.07, 6.45) is 1.57. The molecule has 4 rings (SSSR count). The maximum absolute atomic E-state index is 13.3. The SMILES string of the molecule is COc1cc(C=Nn2c(-c3ccccc3)nc3ccccc3c2=O)c(Br)c(Br)c1OC(C)C. The second kappa shape index (κ2) is 9.89. The van der Waals surface area contributed by atoms with Crippen molar-refractivity contribution >= 4 is 49.0 Å². The van der Waals surface area contributed by atoms with Crippen LogP contribution in [-0.2, 0) is 0 Å². The molecule has 0 bridgehead atoms. The van der Waals surface area contributed by atoms with Crippen LogP contribution in [0.2, 0.25) is 0 Å². The summed E-state index contributed by atoms with van der Waals surface area (Å²) in [5.74, 6) is 1.59. The minimum atomic E-state index is -0.252. The minimum absolute atomic E-state index is 0.0303. The zero-order valence-electron chi connectivity index (χ0n) is 18.3. The van der Waals surface area contributed by atoms with E-state index in [2.05, 4.69) is 37.0 Å². The highest BCUT2D eigenvalue weighted by Crippen LogP contribution is 2.42. The molecular formula is C25H21Br2N3O3. The average Bonchev–Trinajstić information content (AvgIpc) is 2.82. The van der Waals surface area contributed by atoms with Crippen LogP contribution in [0.3, 0.4) is 0 Å². The molecule has 1 aromatic heterocycles. The Morgan fingerprint density at radius 2 is 1.73 bits per heavy atom. The molecule has 8 heteroatoms. The van der Waals surface area contributed by atoms with Crippen molar-refractivity contribution in [3.05, 3.63) is 85.5 Å². The fraction of sp³-hybridized carbons (Fsp3) is 0.160. The molecule has 6 nitrogen and oxygen atoms in total. The van der Waals surface area contributed by atoms with Crippen molar-refractivity contribution in [1.29, 1.82) is 0 Å². The number of hydrogen-bond donors (Lipinski definition) is 0. The number of para-hydroxylation sites is 1. The number of hydrogen-bond acceptors (Lipinski definition) is 5. The second-order valence-corrected chi connectivity index (χ2v) is 9.06. The van der Waals surface area contributed by atoms with Crippen LogP contribution in [0.25, 0.3) is 22.3 Å². The standard InChI is InChI=1S/C25H21Br2N3O3/c1-15(2)33-23-20(32-3)13-17(21(26)22(23)27)14-28-30-24(16-9-5-4-6-10-16)29-19-12-8-7-11-18(19)25(30)31/h4-15H,1-3H3. The van der Waals surface area contributed by atoms with Gasteiger partial charge in [0, 0.05) is 15.6 Å². The fourth-order valence-corrected chi connectivity index (χ4v) is 4.24. The largest absolute Gasteiger partial charge is 0.493 e. The van der Waals surface area contributed by atoms with Gasteiger partial charge in [-0.3, -0.25) is 4.79 Å². The lowest BCUT2D eigenvalue weighted by Gasteiger charge is -2.17. The molecule has 0 atom stereocenters. The quantitative estimate of drug-likeness (QED) is 0.256. The predicted molar refractivity (Wildman–Crippen MR) is 139 cm³/mol. The Morgan fingerprint density at radius 1 is 1.03 bits per heavy atom. The van der Waals surface area contributed by atoms with Crippen molar-refractivity contribution in [2.24, 2.45) is 5.10 Å². The smallest absolute Gasteiger partial charge is 0.282 e. The predicted octanol–water partition coefficient (Wildman–Crippen LogP) is 6.27. The van der Waals surface area contributed by atoms with E-state index in [4.69, 9.17) is 14.5 Å². The van der Waals surface area contributed by atoms with E-state index in [0.29, 0.717) is 38.3 Å². The summed E-state index contributed by atoms with van der Waals surface area (Å²) in [6.45, 7) is 3.89. The van der Waals surface area contributed by atoms with Crippen LogP contribution in [0, 0.1) is 0 Å². The molecule has 3 aromatic carbocycles. The number of ether oxygens (including phenoxy) is 2. The molecule has 0 saturated heterocycles. The van der Waals surface area contributed by atoms with Gasteiger partial charge in [-0.15, -0.1) is 0 Å². The van der Waals surface area contributed by atoms with Gasteiger partial charge in [-0.25, -0.2) is 4.98 Å². The third-order valence-corrected chi connectivity index (χ3v) is 6.97. The van der Waals surface area contributed by atoms with E-state index < -0.39 is 0 Å². The highest BCUT2D eigenvalue weighted by molar-refractivity contribution is 9.13. The molecule has 0 saturated carbocycles. The van der Waals surface area contributed by atoms with Gasteiger partial charge in [0.1, 0.15) is 0 Å². The van der Waals surface area contributed by atoms with Crippen molar-refractivity contribution in [2.45, 2.75) is 20.0 Å². The lowest BCUT2D eigenvalue weighted by atomic mass is 10.2. The fourth-order valence-electron chi connectivity index (χ4n) is 3.32. The maximum Gasteiger partial charge on any atom is 0.282 e. The molecule has 4 aromatic rings. The Hall–Kier alpha value is -2.97. The monoisotopic (exact) mass is 569 g/mol. The first-order valence-corrected chi connectivity index (χ1v) is 11.8. The number of methoxy groups -OCH3 is 1. The van der Waals surface area contributed by atoms with Crippen molar-refractivity contribution in [3.8, 4) is 22.9 Å². The maximum atomic E-state index is 13.3. The average molecular weight is 571 g/mol. The van der Waals surface area contributed by atoms with E-state index in [1.807, 2.05) is 62.4 Å². The van der Waals surface area contributed by atoms with E-state index in [0.717, 1.165) is 10.0 Å². The van der Waals surface area contributed by atoms with E-state index in [-0.39, 0.29) is 11.7 Å². The molecule has 0 aliphatic carbocycles. The van der Waals surface area contributed by atoms with Crippen LogP contribution >= 0.6 is 31.9 Å². The number of rotatable bonds is 6. The van der Waals surface area contributed by atoms with Gasteiger partial charge in [0.2, 0.25) is 0 Å². The molecule has 0 aliphatic heterocycles. The van der Waals surface area contributed by atoms with Gasteiger partial charge in [0.15, 0.2) is 17.3 Å². The van der Waals surface area contributed by atoms with E-state index in [1.165, 1.54) is 4.68 Å². The van der Waals surface area contributed by atoms with Crippen LogP contribution < -0.4 is 15.0 Å².